The molecule has 18 heavy (non-hydrogen) atoms. The molecule has 2 N–H and O–H groups in total. The molecule has 0 amide bonds. The number of ether oxygens (including phenoxy) is 1. The summed E-state index contributed by atoms with van der Waals surface area (Å²) in [6.07, 6.45) is 0.398. The highest BCUT2D eigenvalue weighted by atomic mass is 16.6. The number of aliphatic hydroxyl groups excluding tert-OH is 1. The van der Waals surface area contributed by atoms with Gasteiger partial charge in [0.05, 0.1) is 12.5 Å². The van der Waals surface area contributed by atoms with Gasteiger partial charge in [-0.05, 0) is 27.2 Å². The van der Waals surface area contributed by atoms with Crippen molar-refractivity contribution >= 4 is 11.9 Å². The minimum atomic E-state index is -1.40. The normalized spacial score (nSPS) is 38.1. The molecule has 0 aromatic rings. The number of aliphatic carboxylic acids is 1. The molecule has 0 bridgehead atoms. The first-order valence-electron chi connectivity index (χ1n) is 6.06. The molecule has 6 heteroatoms. The predicted octanol–water partition coefficient (Wildman–Crippen LogP) is -0.152. The molecule has 2 aliphatic heterocycles. The smallest absolute Gasteiger partial charge is 0.330 e. The van der Waals surface area contributed by atoms with Crippen molar-refractivity contribution in [1.82, 2.24) is 4.90 Å². The average molecular weight is 257 g/mol. The van der Waals surface area contributed by atoms with E-state index in [-0.39, 0.29) is 6.04 Å². The molecule has 2 fully saturated rings. The lowest BCUT2D eigenvalue weighted by atomic mass is 9.83. The number of esters is 1. The van der Waals surface area contributed by atoms with E-state index in [1.807, 2.05) is 0 Å². The van der Waals surface area contributed by atoms with Crippen molar-refractivity contribution in [2.45, 2.75) is 44.4 Å². The fourth-order valence-electron chi connectivity index (χ4n) is 2.73. The van der Waals surface area contributed by atoms with Crippen LogP contribution >= 0.6 is 0 Å². The van der Waals surface area contributed by atoms with E-state index in [1.54, 1.807) is 25.7 Å². The molecule has 0 saturated carbocycles. The maximum atomic E-state index is 12.3. The average Bonchev–Trinajstić information content (AvgIpc) is 2.90. The summed E-state index contributed by atoms with van der Waals surface area (Å²) in [5.74, 6) is -2.58. The molecule has 2 saturated heterocycles. The first-order chi connectivity index (χ1) is 8.22. The van der Waals surface area contributed by atoms with E-state index in [0.29, 0.717) is 13.0 Å². The van der Waals surface area contributed by atoms with Crippen molar-refractivity contribution in [3.8, 4) is 0 Å². The molecule has 2 rings (SSSR count). The number of rotatable bonds is 3. The van der Waals surface area contributed by atoms with Crippen LogP contribution in [0, 0.1) is 5.92 Å². The highest BCUT2D eigenvalue weighted by molar-refractivity contribution is 5.90. The number of nitrogens with zero attached hydrogens (tertiary/aromatic N) is 1. The van der Waals surface area contributed by atoms with Crippen LogP contribution in [0.3, 0.4) is 0 Å². The second-order valence-corrected chi connectivity index (χ2v) is 6.02. The highest BCUT2D eigenvalue weighted by Gasteiger charge is 2.68. The molecule has 0 aromatic heterocycles. The number of hydrogen-bond donors (Lipinski definition) is 2. The fourth-order valence-corrected chi connectivity index (χ4v) is 2.73. The number of aliphatic hydroxyl groups is 1. The van der Waals surface area contributed by atoms with Crippen LogP contribution in [0.2, 0.25) is 0 Å². The Hall–Kier alpha value is -1.14. The van der Waals surface area contributed by atoms with Gasteiger partial charge in [0.2, 0.25) is 0 Å². The molecule has 2 unspecified atom stereocenters. The topological polar surface area (TPSA) is 86.8 Å². The standard InChI is InChI=1S/C12H19NO5/c1-11(2,3)18-10(17)12(6-14)8(9(15)16)4-7-5-13(7)12/h7-8,14H,4-6H2,1-3H3,(H,15,16)/t7-,8-,12?,13?/m1/s1. The van der Waals surface area contributed by atoms with Gasteiger partial charge in [-0.25, -0.2) is 4.79 Å². The molecular weight excluding hydrogens is 238 g/mol. The van der Waals surface area contributed by atoms with E-state index in [9.17, 15) is 19.8 Å². The Morgan fingerprint density at radius 1 is 1.44 bits per heavy atom. The van der Waals surface area contributed by atoms with Crippen molar-refractivity contribution in [3.63, 3.8) is 0 Å². The molecule has 6 nitrogen and oxygen atoms in total. The van der Waals surface area contributed by atoms with Crippen LogP contribution in [0.15, 0.2) is 0 Å². The van der Waals surface area contributed by atoms with Crippen molar-refractivity contribution in [3.05, 3.63) is 0 Å². The predicted molar refractivity (Wildman–Crippen MR) is 61.9 cm³/mol. The lowest BCUT2D eigenvalue weighted by molar-refractivity contribution is -0.175. The summed E-state index contributed by atoms with van der Waals surface area (Å²) in [4.78, 5) is 25.3. The number of carboxylic acid groups (broad SMARTS) is 1. The third-order valence-corrected chi connectivity index (χ3v) is 3.60. The summed E-state index contributed by atoms with van der Waals surface area (Å²) in [5.41, 5.74) is -2.10. The molecule has 2 heterocycles. The van der Waals surface area contributed by atoms with E-state index in [1.165, 1.54) is 0 Å². The van der Waals surface area contributed by atoms with E-state index in [4.69, 9.17) is 4.74 Å². The van der Waals surface area contributed by atoms with Crippen molar-refractivity contribution < 1.29 is 24.5 Å². The molecule has 102 valence electrons. The molecular formula is C12H19NO5. The molecule has 4 atom stereocenters. The van der Waals surface area contributed by atoms with Gasteiger partial charge < -0.3 is 14.9 Å². The molecule has 0 spiro atoms. The summed E-state index contributed by atoms with van der Waals surface area (Å²) >= 11 is 0. The van der Waals surface area contributed by atoms with E-state index in [2.05, 4.69) is 0 Å². The number of piperidine rings is 1. The Labute approximate surface area is 106 Å². The summed E-state index contributed by atoms with van der Waals surface area (Å²) in [6, 6.07) is 0.0887. The summed E-state index contributed by atoms with van der Waals surface area (Å²) in [7, 11) is 0. The maximum absolute atomic E-state index is 12.3. The lowest BCUT2D eigenvalue weighted by Gasteiger charge is -2.34. The van der Waals surface area contributed by atoms with Gasteiger partial charge in [0.15, 0.2) is 5.54 Å². The lowest BCUT2D eigenvalue weighted by Crippen LogP contribution is -2.57. The summed E-state index contributed by atoms with van der Waals surface area (Å²) in [6.45, 7) is 5.31. The van der Waals surface area contributed by atoms with Crippen LogP contribution in [0.25, 0.3) is 0 Å². The van der Waals surface area contributed by atoms with Gasteiger partial charge >= 0.3 is 11.9 Å². The molecule has 0 radical (unpaired) electrons. The Balaban J connectivity index is 2.28. The van der Waals surface area contributed by atoms with Crippen LogP contribution in [0.4, 0.5) is 0 Å². The first-order valence-corrected chi connectivity index (χ1v) is 6.06. The van der Waals surface area contributed by atoms with Gasteiger partial charge in [-0.15, -0.1) is 0 Å². The number of carbonyl (C=O) groups excluding carboxylic acids is 1. The summed E-state index contributed by atoms with van der Waals surface area (Å²) < 4.78 is 5.29. The Morgan fingerprint density at radius 3 is 2.50 bits per heavy atom. The molecule has 2 aliphatic rings. The zero-order chi connectivity index (χ0) is 13.7. The van der Waals surface area contributed by atoms with Crippen molar-refractivity contribution in [1.29, 1.82) is 0 Å². The van der Waals surface area contributed by atoms with Crippen LogP contribution in [0.1, 0.15) is 27.2 Å². The van der Waals surface area contributed by atoms with Gasteiger partial charge in [-0.3, -0.25) is 9.69 Å². The largest absolute Gasteiger partial charge is 0.481 e. The summed E-state index contributed by atoms with van der Waals surface area (Å²) in [5, 5.41) is 18.8. The minimum absolute atomic E-state index is 0.0887. The Bertz CT molecular complexity index is 388. The second kappa shape index (κ2) is 3.93. The van der Waals surface area contributed by atoms with Crippen molar-refractivity contribution in [2.75, 3.05) is 13.2 Å². The van der Waals surface area contributed by atoms with Crippen LogP contribution in [-0.4, -0.2) is 57.4 Å². The van der Waals surface area contributed by atoms with Crippen LogP contribution < -0.4 is 0 Å². The Kier molecular flexibility index (Phi) is 2.90. The van der Waals surface area contributed by atoms with E-state index in [0.717, 1.165) is 0 Å². The van der Waals surface area contributed by atoms with E-state index >= 15 is 0 Å². The first kappa shape index (κ1) is 13.3. The van der Waals surface area contributed by atoms with Gasteiger partial charge in [0, 0.05) is 12.6 Å². The Morgan fingerprint density at radius 2 is 2.06 bits per heavy atom. The number of fused-ring (bicyclic) bond motifs is 1. The third kappa shape index (κ3) is 1.89. The quantitative estimate of drug-likeness (QED) is 0.540. The van der Waals surface area contributed by atoms with Gasteiger partial charge in [-0.1, -0.05) is 0 Å². The van der Waals surface area contributed by atoms with Gasteiger partial charge in [-0.2, -0.15) is 0 Å². The number of hydrogen-bond acceptors (Lipinski definition) is 5. The van der Waals surface area contributed by atoms with E-state index < -0.39 is 35.6 Å². The molecule has 0 aliphatic carbocycles. The zero-order valence-electron chi connectivity index (χ0n) is 10.8. The SMILES string of the molecule is CC(C)(C)OC(=O)C1(CO)[C@@H](C(=O)O)C[C@@H]2CN21. The monoisotopic (exact) mass is 257 g/mol. The second-order valence-electron chi connectivity index (χ2n) is 6.02. The molecule has 0 aromatic carbocycles. The van der Waals surface area contributed by atoms with Gasteiger partial charge in [0.1, 0.15) is 5.60 Å². The van der Waals surface area contributed by atoms with Crippen LogP contribution in [-0.2, 0) is 14.3 Å². The number of carboxylic acids is 1. The van der Waals surface area contributed by atoms with Crippen molar-refractivity contribution in [2.24, 2.45) is 5.92 Å². The number of carbonyl (C=O) groups is 2. The fraction of sp³-hybridized carbons (Fsp3) is 0.833. The van der Waals surface area contributed by atoms with Gasteiger partial charge in [0.25, 0.3) is 0 Å². The zero-order valence-corrected chi connectivity index (χ0v) is 10.8. The third-order valence-electron chi connectivity index (χ3n) is 3.60. The van der Waals surface area contributed by atoms with Crippen LogP contribution in [0.5, 0.6) is 0 Å². The highest BCUT2D eigenvalue weighted by Crippen LogP contribution is 2.48. The maximum Gasteiger partial charge on any atom is 0.330 e. The minimum Gasteiger partial charge on any atom is -0.481 e.